The minimum absolute atomic E-state index is 1.13. The van der Waals surface area contributed by atoms with Crippen LogP contribution in [0.5, 0.6) is 0 Å². The predicted molar refractivity (Wildman–Crippen MR) is 48.3 cm³/mol. The lowest BCUT2D eigenvalue weighted by atomic mass is 10.3. The Bertz CT molecular complexity index is 291. The largest absolute Gasteiger partial charge is 0.470 e. The molecule has 1 aliphatic heterocycles. The second-order valence-corrected chi connectivity index (χ2v) is 2.45. The third kappa shape index (κ3) is 1.32. The number of rotatable bonds is 1. The van der Waals surface area contributed by atoms with Crippen molar-refractivity contribution in [2.75, 3.05) is 4.90 Å². The van der Waals surface area contributed by atoms with E-state index in [1.807, 2.05) is 47.6 Å². The molecular formula is C10H9NO. The van der Waals surface area contributed by atoms with Crippen molar-refractivity contribution in [2.45, 2.75) is 0 Å². The molecule has 0 N–H and O–H groups in total. The van der Waals surface area contributed by atoms with Crippen LogP contribution in [0.2, 0.25) is 0 Å². The minimum atomic E-state index is 1.13. The summed E-state index contributed by atoms with van der Waals surface area (Å²) in [6, 6.07) is 10.1. The van der Waals surface area contributed by atoms with Gasteiger partial charge in [-0.15, -0.1) is 0 Å². The lowest BCUT2D eigenvalue weighted by molar-refractivity contribution is 0.393. The molecule has 0 saturated heterocycles. The van der Waals surface area contributed by atoms with Gasteiger partial charge in [-0.1, -0.05) is 18.2 Å². The van der Waals surface area contributed by atoms with E-state index in [1.165, 1.54) is 0 Å². The van der Waals surface area contributed by atoms with E-state index in [1.54, 1.807) is 12.5 Å². The number of ether oxygens (including phenoxy) is 1. The number of nitrogens with zero attached hydrogens (tertiary/aromatic N) is 1. The first kappa shape index (κ1) is 6.98. The standard InChI is InChI=1S/C10H9NO/c1-2-4-10(5-3-1)11-6-8-12-9-7-11/h1-9H. The molecule has 0 saturated carbocycles. The van der Waals surface area contributed by atoms with Crippen LogP contribution in [-0.2, 0) is 4.74 Å². The average molecular weight is 159 g/mol. The van der Waals surface area contributed by atoms with Crippen LogP contribution in [0.1, 0.15) is 0 Å². The Morgan fingerprint density at radius 3 is 2.25 bits per heavy atom. The molecule has 1 aromatic carbocycles. The summed E-state index contributed by atoms with van der Waals surface area (Å²) in [6.45, 7) is 0. The summed E-state index contributed by atoms with van der Waals surface area (Å²) >= 11 is 0. The molecule has 0 aromatic heterocycles. The van der Waals surface area contributed by atoms with Crippen LogP contribution in [0.3, 0.4) is 0 Å². The smallest absolute Gasteiger partial charge is 0.107 e. The average Bonchev–Trinajstić information content (AvgIpc) is 2.21. The first-order valence-electron chi connectivity index (χ1n) is 3.79. The van der Waals surface area contributed by atoms with Gasteiger partial charge in [0.25, 0.3) is 0 Å². The van der Waals surface area contributed by atoms with E-state index in [2.05, 4.69) is 0 Å². The van der Waals surface area contributed by atoms with Gasteiger partial charge in [0.2, 0.25) is 0 Å². The highest BCUT2D eigenvalue weighted by molar-refractivity contribution is 5.51. The van der Waals surface area contributed by atoms with Crippen molar-refractivity contribution in [1.29, 1.82) is 0 Å². The highest BCUT2D eigenvalue weighted by Gasteiger charge is 1.99. The van der Waals surface area contributed by atoms with E-state index in [4.69, 9.17) is 4.74 Å². The van der Waals surface area contributed by atoms with Gasteiger partial charge in [0.1, 0.15) is 12.5 Å². The molecule has 1 heterocycles. The van der Waals surface area contributed by atoms with Gasteiger partial charge in [0.15, 0.2) is 0 Å². The molecule has 0 amide bonds. The third-order valence-electron chi connectivity index (χ3n) is 1.65. The van der Waals surface area contributed by atoms with Crippen molar-refractivity contribution in [3.8, 4) is 0 Å². The third-order valence-corrected chi connectivity index (χ3v) is 1.65. The van der Waals surface area contributed by atoms with Crippen LogP contribution < -0.4 is 4.90 Å². The Morgan fingerprint density at radius 2 is 1.58 bits per heavy atom. The van der Waals surface area contributed by atoms with E-state index in [0.29, 0.717) is 0 Å². The van der Waals surface area contributed by atoms with Crippen LogP contribution >= 0.6 is 0 Å². The van der Waals surface area contributed by atoms with Gasteiger partial charge in [-0.2, -0.15) is 0 Å². The van der Waals surface area contributed by atoms with E-state index in [0.717, 1.165) is 5.69 Å². The van der Waals surface area contributed by atoms with Crippen molar-refractivity contribution in [3.63, 3.8) is 0 Å². The molecule has 0 unspecified atom stereocenters. The minimum Gasteiger partial charge on any atom is -0.470 e. The second-order valence-electron chi connectivity index (χ2n) is 2.45. The maximum atomic E-state index is 4.92. The molecule has 0 radical (unpaired) electrons. The highest BCUT2D eigenvalue weighted by Crippen LogP contribution is 2.15. The maximum Gasteiger partial charge on any atom is 0.107 e. The van der Waals surface area contributed by atoms with Crippen LogP contribution in [0.15, 0.2) is 55.3 Å². The summed E-state index contributed by atoms with van der Waals surface area (Å²) < 4.78 is 4.92. The van der Waals surface area contributed by atoms with Crippen LogP contribution in [0, 0.1) is 0 Å². The summed E-state index contributed by atoms with van der Waals surface area (Å²) in [4.78, 5) is 1.99. The molecule has 12 heavy (non-hydrogen) atoms. The van der Waals surface area contributed by atoms with E-state index >= 15 is 0 Å². The lowest BCUT2D eigenvalue weighted by Gasteiger charge is -2.16. The van der Waals surface area contributed by atoms with E-state index in [9.17, 15) is 0 Å². The van der Waals surface area contributed by atoms with Crippen molar-refractivity contribution >= 4 is 5.69 Å². The molecular weight excluding hydrogens is 150 g/mol. The molecule has 0 spiro atoms. The Hall–Kier alpha value is -1.70. The van der Waals surface area contributed by atoms with Gasteiger partial charge in [0.05, 0.1) is 0 Å². The zero-order valence-corrected chi connectivity index (χ0v) is 6.55. The molecule has 0 aliphatic carbocycles. The quantitative estimate of drug-likeness (QED) is 0.624. The molecule has 0 fully saturated rings. The Balaban J connectivity index is 2.25. The zero-order chi connectivity index (χ0) is 8.23. The monoisotopic (exact) mass is 159 g/mol. The number of hydrogen-bond acceptors (Lipinski definition) is 2. The molecule has 2 rings (SSSR count). The highest BCUT2D eigenvalue weighted by atomic mass is 16.5. The van der Waals surface area contributed by atoms with Crippen molar-refractivity contribution in [2.24, 2.45) is 0 Å². The fraction of sp³-hybridized carbons (Fsp3) is 0. The number of benzene rings is 1. The SMILES string of the molecule is C1=CN(c2ccccc2)C=CO1. The number of para-hydroxylation sites is 1. The van der Waals surface area contributed by atoms with E-state index in [-0.39, 0.29) is 0 Å². The maximum absolute atomic E-state index is 4.92. The van der Waals surface area contributed by atoms with Gasteiger partial charge in [-0.3, -0.25) is 0 Å². The fourth-order valence-electron chi connectivity index (χ4n) is 1.07. The van der Waals surface area contributed by atoms with Crippen molar-refractivity contribution in [3.05, 3.63) is 55.3 Å². The summed E-state index contributed by atoms with van der Waals surface area (Å²) in [7, 11) is 0. The lowest BCUT2D eigenvalue weighted by Crippen LogP contribution is -2.08. The predicted octanol–water partition coefficient (Wildman–Crippen LogP) is 2.47. The molecule has 1 aliphatic rings. The Morgan fingerprint density at radius 1 is 0.917 bits per heavy atom. The van der Waals surface area contributed by atoms with Gasteiger partial charge >= 0.3 is 0 Å². The number of anilines is 1. The molecule has 60 valence electrons. The molecule has 0 bridgehead atoms. The van der Waals surface area contributed by atoms with Crippen molar-refractivity contribution in [1.82, 2.24) is 0 Å². The molecule has 0 atom stereocenters. The fourth-order valence-corrected chi connectivity index (χ4v) is 1.07. The normalized spacial score (nSPS) is 14.5. The summed E-state index contributed by atoms with van der Waals surface area (Å²) in [6.07, 6.45) is 7.03. The molecule has 2 nitrogen and oxygen atoms in total. The molecule has 1 aromatic rings. The summed E-state index contributed by atoms with van der Waals surface area (Å²) in [5.74, 6) is 0. The zero-order valence-electron chi connectivity index (χ0n) is 6.55. The second kappa shape index (κ2) is 3.13. The Kier molecular flexibility index (Phi) is 1.82. The van der Waals surface area contributed by atoms with Crippen LogP contribution in [0.25, 0.3) is 0 Å². The van der Waals surface area contributed by atoms with Crippen molar-refractivity contribution < 1.29 is 4.74 Å². The first-order valence-corrected chi connectivity index (χ1v) is 3.79. The van der Waals surface area contributed by atoms with E-state index < -0.39 is 0 Å². The summed E-state index contributed by atoms with van der Waals surface area (Å²) in [5.41, 5.74) is 1.13. The Labute approximate surface area is 71.4 Å². The number of hydrogen-bond donors (Lipinski definition) is 0. The topological polar surface area (TPSA) is 12.5 Å². The van der Waals surface area contributed by atoms with Crippen LogP contribution in [0.4, 0.5) is 5.69 Å². The van der Waals surface area contributed by atoms with Gasteiger partial charge in [-0.05, 0) is 12.1 Å². The first-order chi connectivity index (χ1) is 5.97. The van der Waals surface area contributed by atoms with Crippen LogP contribution in [-0.4, -0.2) is 0 Å². The summed E-state index contributed by atoms with van der Waals surface area (Å²) in [5, 5.41) is 0. The molecule has 2 heteroatoms. The van der Waals surface area contributed by atoms with Gasteiger partial charge in [0, 0.05) is 18.1 Å². The van der Waals surface area contributed by atoms with Gasteiger partial charge in [-0.25, -0.2) is 0 Å². The van der Waals surface area contributed by atoms with Gasteiger partial charge < -0.3 is 9.64 Å².